The number of aryl methyl sites for hydroxylation is 1. The van der Waals surface area contributed by atoms with Crippen LogP contribution in [0.25, 0.3) is 0 Å². The highest BCUT2D eigenvalue weighted by Crippen LogP contribution is 2.30. The van der Waals surface area contributed by atoms with Crippen molar-refractivity contribution in [2.24, 2.45) is 0 Å². The third kappa shape index (κ3) is 6.65. The van der Waals surface area contributed by atoms with Crippen molar-refractivity contribution in [2.75, 3.05) is 12.5 Å². The van der Waals surface area contributed by atoms with Crippen LogP contribution in [0.4, 0.5) is 87.8 Å². The van der Waals surface area contributed by atoms with Gasteiger partial charge in [-0.25, -0.2) is 87.8 Å². The Morgan fingerprint density at radius 3 is 0.732 bits per heavy atom. The molecule has 0 aliphatic heterocycles. The molecule has 0 amide bonds. The van der Waals surface area contributed by atoms with Crippen LogP contribution in [0.2, 0.25) is 0 Å². The van der Waals surface area contributed by atoms with Crippen LogP contribution in [-0.2, 0) is 11.2 Å². The van der Waals surface area contributed by atoms with Gasteiger partial charge in [-0.1, -0.05) is 18.2 Å². The molecule has 0 spiro atoms. The van der Waals surface area contributed by atoms with Crippen molar-refractivity contribution in [3.05, 3.63) is 146 Å². The Kier molecular flexibility index (Phi) is 12.3. The SMILES string of the molecule is Cc1ccccc1O[S+](C)C.Fc1c(F)c(F)c([B-](c2c(F)c(F)c(F)c(F)c2F)(c2c(F)c(F)c(F)c(F)c2F)c2c(F)c(F)c(F)c(F)c2F)c(F)c1F. The van der Waals surface area contributed by atoms with E-state index in [1.807, 2.05) is 18.2 Å². The summed E-state index contributed by atoms with van der Waals surface area (Å²) in [6, 6.07) is 8.07. The Labute approximate surface area is 302 Å². The molecule has 300 valence electrons. The number of hydrogen-bond acceptors (Lipinski definition) is 1. The van der Waals surface area contributed by atoms with Crippen molar-refractivity contribution < 1.29 is 92.0 Å². The molecule has 0 atom stereocenters. The van der Waals surface area contributed by atoms with Crippen LogP contribution in [-0.4, -0.2) is 18.7 Å². The maximum absolute atomic E-state index is 15.4. The van der Waals surface area contributed by atoms with Crippen LogP contribution in [0.3, 0.4) is 0 Å². The summed E-state index contributed by atoms with van der Waals surface area (Å²) in [5.74, 6) is -70.4. The molecule has 0 N–H and O–H groups in total. The molecule has 0 aliphatic rings. The van der Waals surface area contributed by atoms with E-state index >= 15 is 35.1 Å². The molecular weight excluding hydrogens is 835 g/mol. The van der Waals surface area contributed by atoms with Crippen LogP contribution >= 0.6 is 0 Å². The lowest BCUT2D eigenvalue weighted by atomic mass is 9.12. The maximum atomic E-state index is 15.4. The second-order valence-corrected chi connectivity index (χ2v) is 13.0. The molecule has 5 aromatic rings. The Morgan fingerprint density at radius 1 is 0.339 bits per heavy atom. The van der Waals surface area contributed by atoms with E-state index in [1.165, 1.54) is 5.56 Å². The molecule has 0 bridgehead atoms. The standard InChI is InChI=1S/C24BF20.C9H13OS/c26-5-1(6(27)14(35)21(42)13(5)34)25(2-7(28)15(36)22(43)16(37)8(2)29,3-9(30)17(38)23(44)18(39)10(3)31)4-11(32)19(40)24(45)20(41)12(4)33;1-8-6-4-5-7-9(8)10-11(2)3/h;4-7H,1-3H3/q-1;+1. The van der Waals surface area contributed by atoms with Crippen LogP contribution in [0, 0.1) is 123 Å². The number of para-hydroxylation sites is 1. The molecule has 56 heavy (non-hydrogen) atoms. The largest absolute Gasteiger partial charge is 0.286 e. The quantitative estimate of drug-likeness (QED) is 0.0554. The zero-order valence-corrected chi connectivity index (χ0v) is 28.1. The van der Waals surface area contributed by atoms with Gasteiger partial charge in [0.05, 0.1) is 0 Å². The van der Waals surface area contributed by atoms with Crippen molar-refractivity contribution >= 4 is 39.2 Å². The van der Waals surface area contributed by atoms with E-state index in [0.717, 1.165) is 5.75 Å². The first-order valence-corrected chi connectivity index (χ1v) is 16.4. The fraction of sp³-hybridized carbons (Fsp3) is 0.0909. The highest BCUT2D eigenvalue weighted by Gasteiger charge is 2.52. The third-order valence-electron chi connectivity index (χ3n) is 8.06. The second kappa shape index (κ2) is 15.8. The molecule has 0 aliphatic carbocycles. The van der Waals surface area contributed by atoms with E-state index in [1.54, 1.807) is 0 Å². The second-order valence-electron chi connectivity index (χ2n) is 11.4. The van der Waals surface area contributed by atoms with E-state index in [-0.39, 0.29) is 11.2 Å². The van der Waals surface area contributed by atoms with Crippen molar-refractivity contribution in [1.82, 2.24) is 0 Å². The lowest BCUT2D eigenvalue weighted by Crippen LogP contribution is -2.81. The van der Waals surface area contributed by atoms with Gasteiger partial charge in [-0.05, 0) is 18.6 Å². The molecule has 5 rings (SSSR count). The summed E-state index contributed by atoms with van der Waals surface area (Å²) < 4.78 is 300. The summed E-state index contributed by atoms with van der Waals surface area (Å²) in [6.07, 6.45) is -3.09. The van der Waals surface area contributed by atoms with Gasteiger partial charge in [0.2, 0.25) is 0 Å². The lowest BCUT2D eigenvalue weighted by molar-refractivity contribution is 0.378. The van der Waals surface area contributed by atoms with Crippen LogP contribution in [0.1, 0.15) is 5.56 Å². The van der Waals surface area contributed by atoms with Crippen molar-refractivity contribution in [2.45, 2.75) is 6.92 Å². The topological polar surface area (TPSA) is 9.23 Å². The van der Waals surface area contributed by atoms with Crippen LogP contribution in [0.15, 0.2) is 24.3 Å². The van der Waals surface area contributed by atoms with Gasteiger partial charge in [0.1, 0.15) is 65.2 Å². The van der Waals surface area contributed by atoms with Gasteiger partial charge in [-0.3, -0.25) is 4.18 Å². The van der Waals surface area contributed by atoms with E-state index < -0.39 is 144 Å². The summed E-state index contributed by atoms with van der Waals surface area (Å²) >= 11 is 0.0232. The molecule has 0 aromatic heterocycles. The van der Waals surface area contributed by atoms with Gasteiger partial charge in [0, 0.05) is 0 Å². The van der Waals surface area contributed by atoms with Crippen molar-refractivity contribution in [3.8, 4) is 5.75 Å². The molecule has 0 heterocycles. The first-order chi connectivity index (χ1) is 25.9. The van der Waals surface area contributed by atoms with Crippen molar-refractivity contribution in [1.29, 1.82) is 0 Å². The summed E-state index contributed by atoms with van der Waals surface area (Å²) in [5.41, 5.74) is -13.1. The molecule has 5 aromatic carbocycles. The fourth-order valence-corrected chi connectivity index (χ4v) is 6.25. The van der Waals surface area contributed by atoms with Gasteiger partial charge in [0.25, 0.3) is 0 Å². The van der Waals surface area contributed by atoms with Crippen molar-refractivity contribution in [3.63, 3.8) is 0 Å². The van der Waals surface area contributed by atoms with Gasteiger partial charge < -0.3 is 0 Å². The normalized spacial score (nSPS) is 11.6. The van der Waals surface area contributed by atoms with Gasteiger partial charge in [-0.15, -0.1) is 21.9 Å². The first-order valence-electron chi connectivity index (χ1n) is 14.4. The summed E-state index contributed by atoms with van der Waals surface area (Å²) in [7, 11) is 0. The summed E-state index contributed by atoms with van der Waals surface area (Å²) in [4.78, 5) is 0. The zero-order valence-electron chi connectivity index (χ0n) is 27.3. The Bertz CT molecular complexity index is 2020. The average molecular weight is 848 g/mol. The lowest BCUT2D eigenvalue weighted by Gasteiger charge is -2.44. The number of hydrogen-bond donors (Lipinski definition) is 0. The Hall–Kier alpha value is -5.09. The Balaban J connectivity index is 0.000000544. The minimum atomic E-state index is -7.22. The molecule has 0 fully saturated rings. The molecule has 0 unspecified atom stereocenters. The fourth-order valence-electron chi connectivity index (χ4n) is 5.70. The zero-order chi connectivity index (χ0) is 42.6. The summed E-state index contributed by atoms with van der Waals surface area (Å²) in [6.45, 7) is 2.06. The van der Waals surface area contributed by atoms with E-state index in [0.29, 0.717) is 0 Å². The number of rotatable bonds is 6. The van der Waals surface area contributed by atoms with E-state index in [9.17, 15) is 52.7 Å². The van der Waals surface area contributed by atoms with Gasteiger partial charge in [-0.2, -0.15) is 0 Å². The van der Waals surface area contributed by atoms with Gasteiger partial charge >= 0.3 is 0 Å². The third-order valence-corrected chi connectivity index (χ3v) is 8.57. The first kappa shape index (κ1) is 43.6. The number of benzene rings is 5. The molecule has 0 saturated carbocycles. The highest BCUT2D eigenvalue weighted by molar-refractivity contribution is 7.91. The molecule has 0 radical (unpaired) electrons. The monoisotopic (exact) mass is 848 g/mol. The maximum Gasteiger partial charge on any atom is 0.200 e. The van der Waals surface area contributed by atoms with Crippen LogP contribution in [0.5, 0.6) is 5.75 Å². The Morgan fingerprint density at radius 2 is 0.536 bits per heavy atom. The minimum Gasteiger partial charge on any atom is -0.286 e. The van der Waals surface area contributed by atoms with E-state index in [2.05, 4.69) is 25.5 Å². The van der Waals surface area contributed by atoms with Gasteiger partial charge in [0.15, 0.2) is 86.7 Å². The predicted octanol–water partition coefficient (Wildman–Crippen LogP) is 8.01. The molecular formula is C33H13BF20OS. The predicted molar refractivity (Wildman–Crippen MR) is 160 cm³/mol. The van der Waals surface area contributed by atoms with Crippen LogP contribution < -0.4 is 26.0 Å². The minimum absolute atomic E-state index is 0.0232. The average Bonchev–Trinajstić information content (AvgIpc) is 3.15. The molecule has 0 saturated heterocycles. The summed E-state index contributed by atoms with van der Waals surface area (Å²) in [5, 5.41) is 0. The van der Waals surface area contributed by atoms with E-state index in [4.69, 9.17) is 4.18 Å². The molecule has 1 nitrogen and oxygen atoms in total. The smallest absolute Gasteiger partial charge is 0.200 e. The highest BCUT2D eigenvalue weighted by atomic mass is 32.2. The number of halogens is 20. The molecule has 23 heteroatoms.